The minimum Gasteiger partial charge on any atom is -0.356 e. The Kier molecular flexibility index (Phi) is 2.85. The minimum absolute atomic E-state index is 0.0176. The normalized spacial score (nSPS) is 9.83. The van der Waals surface area contributed by atoms with Crippen molar-refractivity contribution in [3.05, 3.63) is 17.5 Å². The molecular formula is C8H13N3O. The summed E-state index contributed by atoms with van der Waals surface area (Å²) in [5, 5.41) is 9.45. The van der Waals surface area contributed by atoms with Crippen LogP contribution in [0.25, 0.3) is 0 Å². The van der Waals surface area contributed by atoms with E-state index in [1.165, 1.54) is 0 Å². The second kappa shape index (κ2) is 3.90. The number of carbonyl (C=O) groups excluding carboxylic acids is 1. The summed E-state index contributed by atoms with van der Waals surface area (Å²) >= 11 is 0. The highest BCUT2D eigenvalue weighted by Crippen LogP contribution is 1.97. The number of likely N-dealkylation sites (N-methyl/N-ethyl adjacent to an activating group) is 1. The number of amides is 1. The number of aromatic amines is 1. The Morgan fingerprint density at radius 3 is 3.00 bits per heavy atom. The lowest BCUT2D eigenvalue weighted by atomic mass is 10.3. The summed E-state index contributed by atoms with van der Waals surface area (Å²) < 4.78 is 0. The van der Waals surface area contributed by atoms with Crippen LogP contribution in [0.5, 0.6) is 0 Å². The predicted octanol–water partition coefficient (Wildman–Crippen LogP) is 0.397. The number of aryl methyl sites for hydroxylation is 1. The first-order valence-corrected chi connectivity index (χ1v) is 4.00. The fraction of sp³-hybridized carbons (Fsp3) is 0.500. The van der Waals surface area contributed by atoms with Gasteiger partial charge in [0.25, 0.3) is 0 Å². The van der Waals surface area contributed by atoms with Crippen LogP contribution in [0.1, 0.15) is 18.3 Å². The highest BCUT2D eigenvalue weighted by Gasteiger charge is 2.03. The van der Waals surface area contributed by atoms with E-state index in [0.717, 1.165) is 11.4 Å². The molecule has 0 bridgehead atoms. The summed E-state index contributed by atoms with van der Waals surface area (Å²) in [5.74, 6) is 0.0176. The van der Waals surface area contributed by atoms with Crippen LogP contribution in [0.4, 0.5) is 0 Å². The van der Waals surface area contributed by atoms with Crippen LogP contribution in [0.3, 0.4) is 0 Å². The summed E-state index contributed by atoms with van der Waals surface area (Å²) in [5.41, 5.74) is 1.77. The zero-order valence-corrected chi connectivity index (χ0v) is 7.35. The Hall–Kier alpha value is -1.32. The number of aromatic nitrogens is 2. The average Bonchev–Trinajstić information content (AvgIpc) is 2.36. The maximum atomic E-state index is 11.1. The lowest BCUT2D eigenvalue weighted by Crippen LogP contribution is -2.24. The third kappa shape index (κ3) is 2.38. The second-order valence-electron chi connectivity index (χ2n) is 2.67. The summed E-state index contributed by atoms with van der Waals surface area (Å²) in [6, 6.07) is 1.87. The van der Waals surface area contributed by atoms with Crippen molar-refractivity contribution in [2.45, 2.75) is 20.3 Å². The molecule has 0 aromatic carbocycles. The number of rotatable bonds is 3. The van der Waals surface area contributed by atoms with Crippen LogP contribution in [0.15, 0.2) is 6.07 Å². The fourth-order valence-electron chi connectivity index (χ4n) is 0.989. The smallest absolute Gasteiger partial charge is 0.226 e. The first-order valence-electron chi connectivity index (χ1n) is 4.00. The van der Waals surface area contributed by atoms with Crippen LogP contribution < -0.4 is 5.32 Å². The van der Waals surface area contributed by atoms with Crippen molar-refractivity contribution in [1.82, 2.24) is 15.5 Å². The van der Waals surface area contributed by atoms with Crippen molar-refractivity contribution in [3.63, 3.8) is 0 Å². The van der Waals surface area contributed by atoms with E-state index in [1.54, 1.807) is 0 Å². The van der Waals surface area contributed by atoms with Crippen molar-refractivity contribution >= 4 is 5.91 Å². The van der Waals surface area contributed by atoms with Gasteiger partial charge in [0, 0.05) is 12.2 Å². The van der Waals surface area contributed by atoms with E-state index in [4.69, 9.17) is 0 Å². The third-order valence-corrected chi connectivity index (χ3v) is 1.47. The molecule has 4 heteroatoms. The minimum atomic E-state index is 0.0176. The molecular weight excluding hydrogens is 154 g/mol. The van der Waals surface area contributed by atoms with Gasteiger partial charge >= 0.3 is 0 Å². The van der Waals surface area contributed by atoms with E-state index in [9.17, 15) is 4.79 Å². The van der Waals surface area contributed by atoms with E-state index in [-0.39, 0.29) is 5.91 Å². The average molecular weight is 167 g/mol. The zero-order chi connectivity index (χ0) is 8.97. The van der Waals surface area contributed by atoms with Gasteiger partial charge < -0.3 is 5.32 Å². The highest BCUT2D eigenvalue weighted by molar-refractivity contribution is 5.77. The van der Waals surface area contributed by atoms with Gasteiger partial charge in [0.2, 0.25) is 5.91 Å². The van der Waals surface area contributed by atoms with Gasteiger partial charge in [0.05, 0.1) is 12.1 Å². The maximum Gasteiger partial charge on any atom is 0.226 e. The molecule has 1 heterocycles. The van der Waals surface area contributed by atoms with Crippen molar-refractivity contribution in [3.8, 4) is 0 Å². The predicted molar refractivity (Wildman–Crippen MR) is 45.7 cm³/mol. The van der Waals surface area contributed by atoms with Gasteiger partial charge in [-0.2, -0.15) is 5.10 Å². The molecule has 0 atom stereocenters. The van der Waals surface area contributed by atoms with Gasteiger partial charge in [0.15, 0.2) is 0 Å². The standard InChI is InChI=1S/C8H13N3O/c1-3-9-8(12)5-7-4-6(2)10-11-7/h4H,3,5H2,1-2H3,(H,9,12)(H,10,11). The maximum absolute atomic E-state index is 11.1. The van der Waals surface area contributed by atoms with Crippen molar-refractivity contribution in [2.24, 2.45) is 0 Å². The Labute approximate surface area is 71.4 Å². The van der Waals surface area contributed by atoms with E-state index in [0.29, 0.717) is 13.0 Å². The van der Waals surface area contributed by atoms with Crippen LogP contribution in [-0.2, 0) is 11.2 Å². The number of nitrogens with zero attached hydrogens (tertiary/aromatic N) is 1. The Morgan fingerprint density at radius 2 is 2.50 bits per heavy atom. The van der Waals surface area contributed by atoms with E-state index in [2.05, 4.69) is 15.5 Å². The Morgan fingerprint density at radius 1 is 1.75 bits per heavy atom. The van der Waals surface area contributed by atoms with Crippen molar-refractivity contribution in [2.75, 3.05) is 6.54 Å². The van der Waals surface area contributed by atoms with Gasteiger partial charge in [-0.3, -0.25) is 9.89 Å². The fourth-order valence-corrected chi connectivity index (χ4v) is 0.989. The molecule has 1 amide bonds. The number of nitrogens with one attached hydrogen (secondary N) is 2. The van der Waals surface area contributed by atoms with E-state index in [1.807, 2.05) is 19.9 Å². The molecule has 12 heavy (non-hydrogen) atoms. The van der Waals surface area contributed by atoms with Gasteiger partial charge in [-0.15, -0.1) is 0 Å². The SMILES string of the molecule is CCNC(=O)Cc1cc(C)[nH]n1. The molecule has 1 aromatic rings. The molecule has 1 rings (SSSR count). The van der Waals surface area contributed by atoms with Gasteiger partial charge in [-0.1, -0.05) is 0 Å². The molecule has 0 unspecified atom stereocenters. The van der Waals surface area contributed by atoms with Crippen LogP contribution in [0.2, 0.25) is 0 Å². The molecule has 0 spiro atoms. The zero-order valence-electron chi connectivity index (χ0n) is 7.35. The van der Waals surface area contributed by atoms with Gasteiger partial charge in [-0.05, 0) is 19.9 Å². The van der Waals surface area contributed by atoms with Crippen LogP contribution in [-0.4, -0.2) is 22.6 Å². The topological polar surface area (TPSA) is 57.8 Å². The molecule has 0 aliphatic rings. The molecule has 1 aromatic heterocycles. The summed E-state index contributed by atoms with van der Waals surface area (Å²) in [4.78, 5) is 11.1. The van der Waals surface area contributed by atoms with Crippen LogP contribution >= 0.6 is 0 Å². The summed E-state index contributed by atoms with van der Waals surface area (Å²) in [6.07, 6.45) is 0.359. The number of carbonyl (C=O) groups is 1. The monoisotopic (exact) mass is 167 g/mol. The van der Waals surface area contributed by atoms with Crippen molar-refractivity contribution < 1.29 is 4.79 Å². The first kappa shape index (κ1) is 8.77. The quantitative estimate of drug-likeness (QED) is 0.684. The second-order valence-corrected chi connectivity index (χ2v) is 2.67. The van der Waals surface area contributed by atoms with E-state index < -0.39 is 0 Å². The molecule has 2 N–H and O–H groups in total. The molecule has 0 saturated carbocycles. The third-order valence-electron chi connectivity index (χ3n) is 1.47. The summed E-state index contributed by atoms with van der Waals surface area (Å²) in [6.45, 7) is 4.48. The van der Waals surface area contributed by atoms with E-state index >= 15 is 0 Å². The molecule has 0 radical (unpaired) electrons. The summed E-state index contributed by atoms with van der Waals surface area (Å²) in [7, 11) is 0. The Balaban J connectivity index is 2.46. The molecule has 0 saturated heterocycles. The molecule has 66 valence electrons. The number of hydrogen-bond donors (Lipinski definition) is 2. The molecule has 4 nitrogen and oxygen atoms in total. The Bertz CT molecular complexity index is 267. The lowest BCUT2D eigenvalue weighted by Gasteiger charge is -1.97. The first-order chi connectivity index (χ1) is 5.72. The van der Waals surface area contributed by atoms with Crippen LogP contribution in [0, 0.1) is 6.92 Å². The van der Waals surface area contributed by atoms with Gasteiger partial charge in [-0.25, -0.2) is 0 Å². The van der Waals surface area contributed by atoms with Gasteiger partial charge in [0.1, 0.15) is 0 Å². The highest BCUT2D eigenvalue weighted by atomic mass is 16.1. The molecule has 0 aliphatic heterocycles. The molecule has 0 fully saturated rings. The molecule has 0 aliphatic carbocycles. The van der Waals surface area contributed by atoms with Crippen molar-refractivity contribution in [1.29, 1.82) is 0 Å². The largest absolute Gasteiger partial charge is 0.356 e. The number of H-pyrrole nitrogens is 1. The lowest BCUT2D eigenvalue weighted by molar-refractivity contribution is -0.120. The number of hydrogen-bond acceptors (Lipinski definition) is 2.